The zero-order chi connectivity index (χ0) is 21.0. The fraction of sp³-hybridized carbons (Fsp3) is 0.435. The van der Waals surface area contributed by atoms with Crippen molar-refractivity contribution < 1.29 is 17.9 Å². The molecular weight excluding hydrogens is 418 g/mol. The highest BCUT2D eigenvalue weighted by atomic mass is 32.2. The molecule has 0 aliphatic carbocycles. The molecule has 0 spiro atoms. The second-order valence-corrected chi connectivity index (χ2v) is 11.3. The summed E-state index contributed by atoms with van der Waals surface area (Å²) in [5, 5.41) is -0.432. The number of carbonyl (C=O) groups excluding carboxylic acids is 1. The Kier molecular flexibility index (Phi) is 6.80. The second-order valence-electron chi connectivity index (χ2n) is 7.90. The standard InChI is InChI=1S/C23H27NO4S2/c25-23(22(18-8-3-1-4-9-18)29-21-11-5-2-6-12-21)24(16-20-10-7-14-28-20)19-13-15-30(26,27)17-19/h1-6,8-9,11-12,19-20,22H,7,10,13-17H2/t19-,20-,22+/m0/s1. The summed E-state index contributed by atoms with van der Waals surface area (Å²) in [6.45, 7) is 1.16. The van der Waals surface area contributed by atoms with E-state index in [1.165, 1.54) is 11.8 Å². The lowest BCUT2D eigenvalue weighted by molar-refractivity contribution is -0.134. The summed E-state index contributed by atoms with van der Waals surface area (Å²) in [7, 11) is -3.10. The molecule has 4 rings (SSSR count). The quantitative estimate of drug-likeness (QED) is 0.608. The molecule has 0 radical (unpaired) electrons. The van der Waals surface area contributed by atoms with Crippen LogP contribution >= 0.6 is 11.8 Å². The predicted octanol–water partition coefficient (Wildman–Crippen LogP) is 3.71. The van der Waals surface area contributed by atoms with Crippen molar-refractivity contribution in [1.29, 1.82) is 0 Å². The van der Waals surface area contributed by atoms with Crippen LogP contribution in [0.2, 0.25) is 0 Å². The first-order valence-electron chi connectivity index (χ1n) is 10.4. The van der Waals surface area contributed by atoms with Gasteiger partial charge in [-0.1, -0.05) is 48.5 Å². The smallest absolute Gasteiger partial charge is 0.240 e. The van der Waals surface area contributed by atoms with Gasteiger partial charge in [0.25, 0.3) is 0 Å². The topological polar surface area (TPSA) is 63.7 Å². The van der Waals surface area contributed by atoms with Gasteiger partial charge in [-0.15, -0.1) is 11.8 Å². The number of sulfone groups is 1. The van der Waals surface area contributed by atoms with Crippen LogP contribution in [0.25, 0.3) is 0 Å². The van der Waals surface area contributed by atoms with E-state index in [9.17, 15) is 13.2 Å². The molecule has 30 heavy (non-hydrogen) atoms. The van der Waals surface area contributed by atoms with Crippen LogP contribution in [-0.4, -0.2) is 56.0 Å². The minimum Gasteiger partial charge on any atom is -0.376 e. The van der Waals surface area contributed by atoms with Crippen molar-refractivity contribution >= 4 is 27.5 Å². The van der Waals surface area contributed by atoms with E-state index in [0.29, 0.717) is 19.6 Å². The van der Waals surface area contributed by atoms with E-state index in [0.717, 1.165) is 23.3 Å². The fourth-order valence-electron chi connectivity index (χ4n) is 4.12. The Morgan fingerprint density at radius 1 is 1.07 bits per heavy atom. The summed E-state index contributed by atoms with van der Waals surface area (Å²) < 4.78 is 30.1. The number of hydrogen-bond donors (Lipinski definition) is 0. The van der Waals surface area contributed by atoms with Crippen molar-refractivity contribution in [3.63, 3.8) is 0 Å². The number of carbonyl (C=O) groups is 1. The summed E-state index contributed by atoms with van der Waals surface area (Å²) in [5.41, 5.74) is 0.926. The molecule has 0 unspecified atom stereocenters. The molecule has 2 aliphatic heterocycles. The van der Waals surface area contributed by atoms with Crippen molar-refractivity contribution in [2.75, 3.05) is 24.7 Å². The average Bonchev–Trinajstić information content (AvgIpc) is 3.40. The van der Waals surface area contributed by atoms with Gasteiger partial charge in [0.1, 0.15) is 5.25 Å². The Hall–Kier alpha value is -1.83. The summed E-state index contributed by atoms with van der Waals surface area (Å²) in [6, 6.07) is 19.3. The van der Waals surface area contributed by atoms with Gasteiger partial charge in [-0.25, -0.2) is 8.42 Å². The van der Waals surface area contributed by atoms with Crippen LogP contribution < -0.4 is 0 Å². The zero-order valence-corrected chi connectivity index (χ0v) is 18.5. The van der Waals surface area contributed by atoms with Crippen LogP contribution in [0.15, 0.2) is 65.6 Å². The van der Waals surface area contributed by atoms with Crippen LogP contribution in [0.3, 0.4) is 0 Å². The van der Waals surface area contributed by atoms with Gasteiger partial charge in [-0.3, -0.25) is 4.79 Å². The van der Waals surface area contributed by atoms with Crippen molar-refractivity contribution in [2.45, 2.75) is 41.6 Å². The van der Waals surface area contributed by atoms with Crippen LogP contribution in [0.5, 0.6) is 0 Å². The molecule has 160 valence electrons. The molecule has 5 nitrogen and oxygen atoms in total. The first kappa shape index (κ1) is 21.4. The first-order chi connectivity index (χ1) is 14.5. The number of nitrogens with zero attached hydrogens (tertiary/aromatic N) is 1. The Morgan fingerprint density at radius 3 is 2.37 bits per heavy atom. The summed E-state index contributed by atoms with van der Waals surface area (Å²) >= 11 is 1.51. The van der Waals surface area contributed by atoms with Crippen molar-refractivity contribution in [3.05, 3.63) is 66.2 Å². The van der Waals surface area contributed by atoms with E-state index >= 15 is 0 Å². The Morgan fingerprint density at radius 2 is 1.77 bits per heavy atom. The highest BCUT2D eigenvalue weighted by Gasteiger charge is 2.39. The van der Waals surface area contributed by atoms with E-state index in [4.69, 9.17) is 4.74 Å². The van der Waals surface area contributed by atoms with Gasteiger partial charge in [0, 0.05) is 24.1 Å². The van der Waals surface area contributed by atoms with E-state index in [-0.39, 0.29) is 29.6 Å². The molecule has 0 bridgehead atoms. The molecule has 7 heteroatoms. The van der Waals surface area contributed by atoms with Gasteiger partial charge in [0.15, 0.2) is 9.84 Å². The molecule has 0 aromatic heterocycles. The third-order valence-electron chi connectivity index (χ3n) is 5.68. The van der Waals surface area contributed by atoms with E-state index < -0.39 is 15.1 Å². The summed E-state index contributed by atoms with van der Waals surface area (Å²) in [5.74, 6) is 0.158. The van der Waals surface area contributed by atoms with E-state index in [1.54, 1.807) is 4.90 Å². The predicted molar refractivity (Wildman–Crippen MR) is 119 cm³/mol. The molecule has 3 atom stereocenters. The largest absolute Gasteiger partial charge is 0.376 e. The average molecular weight is 446 g/mol. The zero-order valence-electron chi connectivity index (χ0n) is 16.9. The number of hydrogen-bond acceptors (Lipinski definition) is 5. The Labute approximate surface area is 182 Å². The molecular formula is C23H27NO4S2. The lowest BCUT2D eigenvalue weighted by Crippen LogP contribution is -2.46. The van der Waals surface area contributed by atoms with Crippen LogP contribution in [0.4, 0.5) is 0 Å². The number of benzene rings is 2. The van der Waals surface area contributed by atoms with Gasteiger partial charge in [-0.05, 0) is 37.0 Å². The van der Waals surface area contributed by atoms with Crippen LogP contribution in [-0.2, 0) is 19.4 Å². The van der Waals surface area contributed by atoms with Gasteiger partial charge >= 0.3 is 0 Å². The lowest BCUT2D eigenvalue weighted by atomic mass is 10.1. The molecule has 2 fully saturated rings. The summed E-state index contributed by atoms with van der Waals surface area (Å²) in [4.78, 5) is 16.7. The molecule has 2 heterocycles. The maximum Gasteiger partial charge on any atom is 0.240 e. The van der Waals surface area contributed by atoms with E-state index in [1.807, 2.05) is 60.7 Å². The van der Waals surface area contributed by atoms with Gasteiger partial charge in [-0.2, -0.15) is 0 Å². The van der Waals surface area contributed by atoms with Gasteiger partial charge in [0.05, 0.1) is 17.6 Å². The van der Waals surface area contributed by atoms with Gasteiger partial charge in [0.2, 0.25) is 5.91 Å². The summed E-state index contributed by atoms with van der Waals surface area (Å²) in [6.07, 6.45) is 2.37. The second kappa shape index (κ2) is 9.54. The molecule has 2 aliphatic rings. The number of thioether (sulfide) groups is 1. The SMILES string of the molecule is O=C([C@H](Sc1ccccc1)c1ccccc1)N(C[C@@H]1CCCO1)[C@H]1CCS(=O)(=O)C1. The molecule has 2 aromatic rings. The number of amides is 1. The first-order valence-corrected chi connectivity index (χ1v) is 13.1. The monoisotopic (exact) mass is 445 g/mol. The van der Waals surface area contributed by atoms with Crippen molar-refractivity contribution in [3.8, 4) is 0 Å². The van der Waals surface area contributed by atoms with E-state index in [2.05, 4.69) is 0 Å². The molecule has 1 amide bonds. The van der Waals surface area contributed by atoms with Gasteiger partial charge < -0.3 is 9.64 Å². The minimum atomic E-state index is -3.10. The maximum atomic E-state index is 13.9. The van der Waals surface area contributed by atoms with Crippen LogP contribution in [0, 0.1) is 0 Å². The molecule has 0 N–H and O–H groups in total. The normalized spacial score (nSPS) is 23.9. The van der Waals surface area contributed by atoms with Crippen molar-refractivity contribution in [2.24, 2.45) is 0 Å². The highest BCUT2D eigenvalue weighted by molar-refractivity contribution is 8.00. The minimum absolute atomic E-state index is 0.0181. The number of ether oxygens (including phenoxy) is 1. The van der Waals surface area contributed by atoms with Crippen LogP contribution in [0.1, 0.15) is 30.1 Å². The highest BCUT2D eigenvalue weighted by Crippen LogP contribution is 2.38. The lowest BCUT2D eigenvalue weighted by Gasteiger charge is -2.33. The van der Waals surface area contributed by atoms with Crippen molar-refractivity contribution in [1.82, 2.24) is 4.90 Å². The third kappa shape index (κ3) is 5.25. The maximum absolute atomic E-state index is 13.9. The number of rotatable bonds is 7. The molecule has 2 saturated heterocycles. The fourth-order valence-corrected chi connectivity index (χ4v) is 6.97. The molecule has 2 aromatic carbocycles. The Balaban J connectivity index is 1.64. The molecule has 0 saturated carbocycles. The third-order valence-corrected chi connectivity index (χ3v) is 8.68. The Bertz CT molecular complexity index is 944.